The second kappa shape index (κ2) is 14.3. The van der Waals surface area contributed by atoms with Gasteiger partial charge in [0.15, 0.2) is 17.4 Å². The highest BCUT2D eigenvalue weighted by molar-refractivity contribution is 7.98. The van der Waals surface area contributed by atoms with Gasteiger partial charge in [0.05, 0.1) is 12.8 Å². The minimum Gasteiger partial charge on any atom is -0.492 e. The SMILES string of the molecule is CC/C(C)=C(C(\C=NC)=C\N)/C(OC)=C(\N=C(/C)N(CC)c1ccc(SC)cc1F)Nc1cc(C)[nH]n1. The number of hydrogen-bond donors (Lipinski definition) is 3. The predicted molar refractivity (Wildman–Crippen MR) is 155 cm³/mol. The monoisotopic (exact) mass is 527 g/mol. The maximum atomic E-state index is 15.0. The number of halogens is 1. The average Bonchev–Trinajstić information content (AvgIpc) is 3.30. The number of aryl methyl sites for hydroxylation is 1. The first-order chi connectivity index (χ1) is 17.7. The van der Waals surface area contributed by atoms with Gasteiger partial charge in [-0.3, -0.25) is 10.1 Å². The molecular weight excluding hydrogens is 489 g/mol. The summed E-state index contributed by atoms with van der Waals surface area (Å²) in [6, 6.07) is 7.06. The third-order valence-electron chi connectivity index (χ3n) is 5.72. The molecule has 10 heteroatoms. The van der Waals surface area contributed by atoms with Crippen molar-refractivity contribution in [2.24, 2.45) is 15.7 Å². The zero-order chi connectivity index (χ0) is 27.5. The summed E-state index contributed by atoms with van der Waals surface area (Å²) in [5.41, 5.74) is 9.81. The molecule has 1 heterocycles. The smallest absolute Gasteiger partial charge is 0.176 e. The number of allylic oxidation sites excluding steroid dienone is 2. The van der Waals surface area contributed by atoms with Crippen molar-refractivity contribution in [3.8, 4) is 0 Å². The zero-order valence-electron chi connectivity index (χ0n) is 22.9. The molecule has 8 nitrogen and oxygen atoms in total. The molecule has 37 heavy (non-hydrogen) atoms. The molecule has 0 unspecified atom stereocenters. The number of ether oxygens (including phenoxy) is 1. The first-order valence-corrected chi connectivity index (χ1v) is 13.2. The van der Waals surface area contributed by atoms with E-state index in [9.17, 15) is 0 Å². The van der Waals surface area contributed by atoms with E-state index in [1.807, 2.05) is 51.0 Å². The maximum absolute atomic E-state index is 15.0. The fourth-order valence-electron chi connectivity index (χ4n) is 3.76. The predicted octanol–water partition coefficient (Wildman–Crippen LogP) is 6.02. The van der Waals surface area contributed by atoms with Crippen LogP contribution >= 0.6 is 11.8 Å². The van der Waals surface area contributed by atoms with Crippen LogP contribution in [-0.2, 0) is 4.74 Å². The molecule has 1 aromatic heterocycles. The van der Waals surface area contributed by atoms with Crippen molar-refractivity contribution in [1.82, 2.24) is 10.2 Å². The van der Waals surface area contributed by atoms with E-state index in [-0.39, 0.29) is 5.82 Å². The Hall–Kier alpha value is -3.53. The number of nitrogens with one attached hydrogen (secondary N) is 2. The van der Waals surface area contributed by atoms with Crippen LogP contribution in [-0.4, -0.2) is 49.2 Å². The van der Waals surface area contributed by atoms with Gasteiger partial charge in [0.25, 0.3) is 0 Å². The molecule has 0 radical (unpaired) electrons. The maximum Gasteiger partial charge on any atom is 0.176 e. The van der Waals surface area contributed by atoms with Gasteiger partial charge < -0.3 is 20.7 Å². The molecule has 0 bridgehead atoms. The summed E-state index contributed by atoms with van der Waals surface area (Å²) in [7, 11) is 3.26. The van der Waals surface area contributed by atoms with Crippen LogP contribution in [0, 0.1) is 12.7 Å². The lowest BCUT2D eigenvalue weighted by molar-refractivity contribution is 0.297. The van der Waals surface area contributed by atoms with E-state index >= 15 is 4.39 Å². The fraction of sp³-hybridized carbons (Fsp3) is 0.370. The first kappa shape index (κ1) is 29.7. The van der Waals surface area contributed by atoms with Gasteiger partial charge in [-0.1, -0.05) is 12.5 Å². The van der Waals surface area contributed by atoms with Crippen molar-refractivity contribution in [2.75, 3.05) is 37.2 Å². The Morgan fingerprint density at radius 2 is 2.03 bits per heavy atom. The number of nitrogens with two attached hydrogens (primary N) is 1. The van der Waals surface area contributed by atoms with Gasteiger partial charge in [-0.25, -0.2) is 9.38 Å². The number of amidine groups is 1. The molecule has 0 saturated heterocycles. The van der Waals surface area contributed by atoms with Gasteiger partial charge in [0.1, 0.15) is 11.7 Å². The number of aliphatic imine (C=N–C) groups is 2. The van der Waals surface area contributed by atoms with Crippen molar-refractivity contribution < 1.29 is 9.13 Å². The molecular formula is C27H38FN7OS. The number of benzene rings is 1. The van der Waals surface area contributed by atoms with Crippen molar-refractivity contribution in [1.29, 1.82) is 0 Å². The van der Waals surface area contributed by atoms with E-state index in [0.29, 0.717) is 41.0 Å². The topological polar surface area (TPSA) is 104 Å². The van der Waals surface area contributed by atoms with Crippen LogP contribution in [0.15, 0.2) is 73.6 Å². The molecule has 0 aliphatic carbocycles. The largest absolute Gasteiger partial charge is 0.492 e. The molecule has 0 fully saturated rings. The average molecular weight is 528 g/mol. The number of hydrogen-bond acceptors (Lipinski definition) is 7. The molecule has 0 aliphatic heterocycles. The summed E-state index contributed by atoms with van der Waals surface area (Å²) in [5, 5.41) is 10.5. The first-order valence-electron chi connectivity index (χ1n) is 12.0. The highest BCUT2D eigenvalue weighted by Crippen LogP contribution is 2.30. The molecule has 0 saturated carbocycles. The number of rotatable bonds is 11. The third-order valence-corrected chi connectivity index (χ3v) is 6.44. The number of H-pyrrole nitrogens is 1. The van der Waals surface area contributed by atoms with Crippen LogP contribution in [0.4, 0.5) is 15.9 Å². The normalized spacial score (nSPS) is 14.0. The Kier molecular flexibility index (Phi) is 11.5. The standard InChI is InChI=1S/C27H38FN7OS/c1-9-17(3)25(20(15-29)16-30-6)26(36-7)27(32-24-13-18(4)33-34-24)31-19(5)35(10-2)23-12-11-21(37-8)14-22(23)28/h11-16H,9-10,29H2,1-8H3,(H2,32,33,34)/b20-15+,25-17+,27-26-,30-16?,31-19+. The van der Waals surface area contributed by atoms with Crippen molar-refractivity contribution in [2.45, 2.75) is 45.9 Å². The summed E-state index contributed by atoms with van der Waals surface area (Å²) >= 11 is 1.49. The van der Waals surface area contributed by atoms with E-state index in [2.05, 4.69) is 27.4 Å². The van der Waals surface area contributed by atoms with Gasteiger partial charge in [0, 0.05) is 53.8 Å². The van der Waals surface area contributed by atoms with Crippen LogP contribution in [0.3, 0.4) is 0 Å². The second-order valence-corrected chi connectivity index (χ2v) is 9.06. The summed E-state index contributed by atoms with van der Waals surface area (Å²) < 4.78 is 21.0. The number of methoxy groups -OCH3 is 1. The van der Waals surface area contributed by atoms with Crippen LogP contribution < -0.4 is 16.0 Å². The number of anilines is 2. The van der Waals surface area contributed by atoms with Gasteiger partial charge >= 0.3 is 0 Å². The summed E-state index contributed by atoms with van der Waals surface area (Å²) in [5.74, 6) is 1.68. The van der Waals surface area contributed by atoms with Crippen LogP contribution in [0.25, 0.3) is 0 Å². The Labute approximate surface area is 223 Å². The highest BCUT2D eigenvalue weighted by atomic mass is 32.2. The lowest BCUT2D eigenvalue weighted by Gasteiger charge is -2.25. The number of nitrogens with zero attached hydrogens (tertiary/aromatic N) is 4. The van der Waals surface area contributed by atoms with Crippen molar-refractivity contribution in [3.63, 3.8) is 0 Å². The molecule has 0 spiro atoms. The lowest BCUT2D eigenvalue weighted by atomic mass is 9.98. The number of aromatic nitrogens is 2. The Morgan fingerprint density at radius 1 is 1.30 bits per heavy atom. The summed E-state index contributed by atoms with van der Waals surface area (Å²) in [6.07, 6.45) is 5.85. The quantitative estimate of drug-likeness (QED) is 0.109. The van der Waals surface area contributed by atoms with E-state index < -0.39 is 0 Å². The van der Waals surface area contributed by atoms with Crippen LogP contribution in [0.1, 0.15) is 39.8 Å². The molecule has 200 valence electrons. The molecule has 2 aromatic rings. The molecule has 0 aliphatic rings. The molecule has 0 amide bonds. The Bertz CT molecular complexity index is 1230. The van der Waals surface area contributed by atoms with E-state index in [1.165, 1.54) is 24.0 Å². The van der Waals surface area contributed by atoms with Gasteiger partial charge in [-0.2, -0.15) is 5.10 Å². The number of thioether (sulfide) groups is 1. The van der Waals surface area contributed by atoms with E-state index in [1.54, 1.807) is 26.4 Å². The fourth-order valence-corrected chi connectivity index (χ4v) is 4.19. The van der Waals surface area contributed by atoms with Gasteiger partial charge in [-0.05, 0) is 58.6 Å². The molecule has 4 N–H and O–H groups in total. The Morgan fingerprint density at radius 3 is 2.51 bits per heavy atom. The molecule has 1 aromatic carbocycles. The Balaban J connectivity index is 2.79. The van der Waals surface area contributed by atoms with Crippen LogP contribution in [0.5, 0.6) is 0 Å². The van der Waals surface area contributed by atoms with Crippen LogP contribution in [0.2, 0.25) is 0 Å². The minimum absolute atomic E-state index is 0.313. The van der Waals surface area contributed by atoms with Crippen molar-refractivity contribution >= 4 is 35.3 Å². The minimum atomic E-state index is -0.313. The lowest BCUT2D eigenvalue weighted by Crippen LogP contribution is -2.30. The van der Waals surface area contributed by atoms with Gasteiger partial charge in [-0.15, -0.1) is 11.8 Å². The van der Waals surface area contributed by atoms with E-state index in [0.717, 1.165) is 28.2 Å². The summed E-state index contributed by atoms with van der Waals surface area (Å²) in [4.78, 5) is 11.7. The molecule has 2 rings (SSSR count). The van der Waals surface area contributed by atoms with E-state index in [4.69, 9.17) is 15.5 Å². The van der Waals surface area contributed by atoms with Gasteiger partial charge in [0.2, 0.25) is 0 Å². The zero-order valence-corrected chi connectivity index (χ0v) is 23.8. The third kappa shape index (κ3) is 7.48. The number of aromatic amines is 1. The second-order valence-electron chi connectivity index (χ2n) is 8.18. The summed E-state index contributed by atoms with van der Waals surface area (Å²) in [6.45, 7) is 10.3. The molecule has 0 atom stereocenters. The highest BCUT2D eigenvalue weighted by Gasteiger charge is 2.21. The van der Waals surface area contributed by atoms with Crippen molar-refractivity contribution in [3.05, 3.63) is 70.3 Å².